The molecule has 2 aromatic rings. The molecule has 1 N–H and O–H groups in total. The first kappa shape index (κ1) is 25.0. The van der Waals surface area contributed by atoms with Crippen LogP contribution < -0.4 is 4.74 Å². The lowest BCUT2D eigenvalue weighted by Gasteiger charge is -2.25. The van der Waals surface area contributed by atoms with Gasteiger partial charge in [-0.1, -0.05) is 79.0 Å². The normalized spacial score (nSPS) is 12.1. The van der Waals surface area contributed by atoms with Gasteiger partial charge in [-0.25, -0.2) is 0 Å². The van der Waals surface area contributed by atoms with Crippen LogP contribution in [0.5, 0.6) is 11.5 Å². The maximum atomic E-state index is 12.6. The van der Waals surface area contributed by atoms with Crippen molar-refractivity contribution in [2.45, 2.75) is 98.3 Å². The van der Waals surface area contributed by atoms with Crippen molar-refractivity contribution in [2.75, 3.05) is 0 Å². The minimum absolute atomic E-state index is 0.109. The highest BCUT2D eigenvalue weighted by Crippen LogP contribution is 2.36. The van der Waals surface area contributed by atoms with E-state index in [9.17, 15) is 9.90 Å². The molecule has 3 heteroatoms. The Balaban J connectivity index is 2.11. The Kier molecular flexibility index (Phi) is 7.97. The monoisotopic (exact) mass is 424 g/mol. The van der Waals surface area contributed by atoms with Gasteiger partial charge in [0, 0.05) is 0 Å². The van der Waals surface area contributed by atoms with Gasteiger partial charge in [0.25, 0.3) is 0 Å². The molecule has 0 amide bonds. The number of hydrogen-bond acceptors (Lipinski definition) is 3. The van der Waals surface area contributed by atoms with Crippen molar-refractivity contribution in [1.82, 2.24) is 0 Å². The Hall–Kier alpha value is -2.29. The molecule has 0 spiro atoms. The molecule has 0 heterocycles. The van der Waals surface area contributed by atoms with Gasteiger partial charge in [-0.3, -0.25) is 4.79 Å². The smallest absolute Gasteiger partial charge is 0.315 e. The summed E-state index contributed by atoms with van der Waals surface area (Å²) < 4.78 is 5.61. The number of hydrogen-bond donors (Lipinski definition) is 1. The third kappa shape index (κ3) is 6.35. The Morgan fingerprint density at radius 1 is 1.00 bits per heavy atom. The van der Waals surface area contributed by atoms with E-state index in [4.69, 9.17) is 4.74 Å². The average Bonchev–Trinajstić information content (AvgIpc) is 2.67. The first-order valence-electron chi connectivity index (χ1n) is 11.5. The number of carbonyl (C=O) groups is 1. The van der Waals surface area contributed by atoms with Crippen molar-refractivity contribution in [3.8, 4) is 11.5 Å². The van der Waals surface area contributed by atoms with Crippen molar-refractivity contribution in [2.24, 2.45) is 0 Å². The molecule has 0 aliphatic carbocycles. The van der Waals surface area contributed by atoms with Crippen LogP contribution in [0.25, 0.3) is 0 Å². The number of carbonyl (C=O) groups excluding carboxylic acids is 1. The van der Waals surface area contributed by atoms with Crippen molar-refractivity contribution in [1.29, 1.82) is 0 Å². The number of aromatic hydroxyl groups is 1. The van der Waals surface area contributed by atoms with Crippen LogP contribution in [-0.4, -0.2) is 11.1 Å². The highest BCUT2D eigenvalue weighted by molar-refractivity contribution is 5.76. The lowest BCUT2D eigenvalue weighted by Crippen LogP contribution is -2.18. The van der Waals surface area contributed by atoms with Crippen molar-refractivity contribution >= 4 is 5.97 Å². The number of benzene rings is 2. The highest BCUT2D eigenvalue weighted by atomic mass is 16.5. The van der Waals surface area contributed by atoms with Crippen LogP contribution in [-0.2, 0) is 22.0 Å². The molecule has 0 aliphatic heterocycles. The van der Waals surface area contributed by atoms with Gasteiger partial charge >= 0.3 is 5.97 Å². The molecule has 2 rings (SSSR count). The van der Waals surface area contributed by atoms with E-state index < -0.39 is 0 Å². The predicted octanol–water partition coefficient (Wildman–Crippen LogP) is 7.31. The van der Waals surface area contributed by atoms with Gasteiger partial charge in [0.05, 0.1) is 6.42 Å². The van der Waals surface area contributed by atoms with Gasteiger partial charge in [0.1, 0.15) is 11.5 Å². The Morgan fingerprint density at radius 2 is 1.61 bits per heavy atom. The summed E-state index contributed by atoms with van der Waals surface area (Å²) in [7, 11) is 0. The minimum Gasteiger partial charge on any atom is -0.507 e. The minimum atomic E-state index is -0.316. The molecular weight excluding hydrogens is 384 g/mol. The number of phenolic OH excluding ortho intramolecular Hbond substituents is 1. The lowest BCUT2D eigenvalue weighted by molar-refractivity contribution is -0.133. The van der Waals surface area contributed by atoms with E-state index in [0.717, 1.165) is 28.7 Å². The van der Waals surface area contributed by atoms with Crippen LogP contribution in [0.3, 0.4) is 0 Å². The number of unbranched alkanes of at least 4 members (excludes halogenated alkanes) is 2. The second-order valence-corrected chi connectivity index (χ2v) is 10.5. The van der Waals surface area contributed by atoms with Crippen LogP contribution in [0, 0.1) is 13.8 Å². The number of aryl methyl sites for hydroxylation is 1. The first-order chi connectivity index (χ1) is 14.4. The van der Waals surface area contributed by atoms with Gasteiger partial charge in [-0.05, 0) is 71.0 Å². The zero-order chi connectivity index (χ0) is 23.4. The van der Waals surface area contributed by atoms with E-state index in [1.165, 1.54) is 24.8 Å². The largest absolute Gasteiger partial charge is 0.507 e. The molecule has 2 aromatic carbocycles. The molecule has 0 saturated carbocycles. The van der Waals surface area contributed by atoms with Gasteiger partial charge in [0.15, 0.2) is 0 Å². The van der Waals surface area contributed by atoms with Crippen LogP contribution in [0.1, 0.15) is 95.0 Å². The second-order valence-electron chi connectivity index (χ2n) is 10.5. The quantitative estimate of drug-likeness (QED) is 0.274. The summed E-state index contributed by atoms with van der Waals surface area (Å²) in [5, 5.41) is 10.7. The fourth-order valence-electron chi connectivity index (χ4n) is 4.10. The summed E-state index contributed by atoms with van der Waals surface area (Å²) in [6.45, 7) is 16.8. The van der Waals surface area contributed by atoms with E-state index in [2.05, 4.69) is 53.7 Å². The molecule has 0 unspecified atom stereocenters. The number of esters is 1. The summed E-state index contributed by atoms with van der Waals surface area (Å²) in [6, 6.07) is 9.88. The maximum Gasteiger partial charge on any atom is 0.315 e. The Labute approximate surface area is 188 Å². The van der Waals surface area contributed by atoms with Gasteiger partial charge in [-0.15, -0.1) is 0 Å². The number of ether oxygens (including phenoxy) is 1. The van der Waals surface area contributed by atoms with Crippen LogP contribution in [0.4, 0.5) is 0 Å². The molecule has 0 radical (unpaired) electrons. The molecule has 0 bridgehead atoms. The van der Waals surface area contributed by atoms with E-state index in [0.29, 0.717) is 5.75 Å². The highest BCUT2D eigenvalue weighted by Gasteiger charge is 2.24. The van der Waals surface area contributed by atoms with Gasteiger partial charge in [0.2, 0.25) is 0 Å². The van der Waals surface area contributed by atoms with Crippen LogP contribution in [0.15, 0.2) is 30.3 Å². The van der Waals surface area contributed by atoms with Crippen LogP contribution in [0.2, 0.25) is 0 Å². The first-order valence-corrected chi connectivity index (χ1v) is 11.5. The van der Waals surface area contributed by atoms with Gasteiger partial charge < -0.3 is 9.84 Å². The van der Waals surface area contributed by atoms with Crippen molar-refractivity contribution in [3.05, 3.63) is 58.1 Å². The fraction of sp³-hybridized carbons (Fsp3) is 0.536. The molecule has 0 aromatic heterocycles. The van der Waals surface area contributed by atoms with E-state index >= 15 is 0 Å². The lowest BCUT2D eigenvalue weighted by atomic mass is 9.80. The molecule has 0 aliphatic rings. The Morgan fingerprint density at radius 3 is 2.16 bits per heavy atom. The Bertz CT molecular complexity index is 899. The molecule has 0 fully saturated rings. The summed E-state index contributed by atoms with van der Waals surface area (Å²) in [6.07, 6.45) is 4.98. The number of phenols is 1. The molecule has 0 saturated heterocycles. The average molecular weight is 425 g/mol. The molecular formula is C28H40O3. The fourth-order valence-corrected chi connectivity index (χ4v) is 4.10. The van der Waals surface area contributed by atoms with Crippen LogP contribution >= 0.6 is 0 Å². The third-order valence-electron chi connectivity index (χ3n) is 6.30. The second kappa shape index (κ2) is 9.89. The molecule has 170 valence electrons. The number of rotatable bonds is 8. The maximum absolute atomic E-state index is 12.6. The van der Waals surface area contributed by atoms with Crippen molar-refractivity contribution in [3.63, 3.8) is 0 Å². The van der Waals surface area contributed by atoms with E-state index in [1.807, 2.05) is 32.0 Å². The zero-order valence-electron chi connectivity index (χ0n) is 20.7. The third-order valence-corrected chi connectivity index (χ3v) is 6.30. The van der Waals surface area contributed by atoms with Crippen molar-refractivity contribution < 1.29 is 14.6 Å². The molecule has 3 nitrogen and oxygen atoms in total. The summed E-state index contributed by atoms with van der Waals surface area (Å²) in [5.41, 5.74) is 4.70. The summed E-state index contributed by atoms with van der Waals surface area (Å²) in [5.74, 6) is 0.517. The molecule has 0 atom stereocenters. The zero-order valence-corrected chi connectivity index (χ0v) is 20.7. The summed E-state index contributed by atoms with van der Waals surface area (Å²) in [4.78, 5) is 12.6. The predicted molar refractivity (Wildman–Crippen MR) is 129 cm³/mol. The summed E-state index contributed by atoms with van der Waals surface area (Å²) >= 11 is 0. The molecule has 31 heavy (non-hydrogen) atoms. The standard InChI is InChI=1S/C28H40O3/c1-9-10-11-16-28(7,8)21-12-14-22(15-13-21)31-25(29)18-23-19(2)17-24(27(4,5)6)26(30)20(23)3/h12-15,17,30H,9-11,16,18H2,1-8H3. The van der Waals surface area contributed by atoms with E-state index in [-0.39, 0.29) is 29.0 Å². The van der Waals surface area contributed by atoms with Gasteiger partial charge in [-0.2, -0.15) is 0 Å². The van der Waals surface area contributed by atoms with E-state index in [1.54, 1.807) is 0 Å². The topological polar surface area (TPSA) is 46.5 Å². The SMILES string of the molecule is CCCCCC(C)(C)c1ccc(OC(=O)Cc2c(C)cc(C(C)(C)C)c(O)c2C)cc1.